The molecule has 1 rings (SSSR count). The van der Waals surface area contributed by atoms with E-state index < -0.39 is 10.1 Å². The van der Waals surface area contributed by atoms with Crippen LogP contribution in [-0.4, -0.2) is 44.6 Å². The van der Waals surface area contributed by atoms with Crippen LogP contribution in [-0.2, 0) is 21.5 Å². The second-order valence-electron chi connectivity index (χ2n) is 6.69. The van der Waals surface area contributed by atoms with Crippen molar-refractivity contribution in [2.75, 3.05) is 30.3 Å². The summed E-state index contributed by atoms with van der Waals surface area (Å²) in [5.74, 6) is 0.462. The summed E-state index contributed by atoms with van der Waals surface area (Å²) >= 11 is 0. The van der Waals surface area contributed by atoms with Gasteiger partial charge in [-0.2, -0.15) is 8.42 Å². The van der Waals surface area contributed by atoms with E-state index in [0.29, 0.717) is 30.3 Å². The van der Waals surface area contributed by atoms with Crippen LogP contribution in [0.25, 0.3) is 0 Å². The van der Waals surface area contributed by atoms with Crippen LogP contribution in [0.3, 0.4) is 0 Å². The number of carbonyl (C=O) groups excluding carboxylic acids is 1. The SMILES string of the molecule is CCN(CC)c1ccc(CN(CC(C)C)C(C)=O)c(OS(=O)(=O)CC)c1. The third-order valence-corrected chi connectivity index (χ3v) is 5.28. The first-order chi connectivity index (χ1) is 12.1. The monoisotopic (exact) mass is 384 g/mol. The molecule has 0 bridgehead atoms. The Hall–Kier alpha value is -1.76. The molecule has 0 aromatic heterocycles. The molecule has 0 spiro atoms. The van der Waals surface area contributed by atoms with Gasteiger partial charge in [-0.15, -0.1) is 0 Å². The fourth-order valence-electron chi connectivity index (χ4n) is 2.68. The van der Waals surface area contributed by atoms with E-state index >= 15 is 0 Å². The largest absolute Gasteiger partial charge is 0.382 e. The van der Waals surface area contributed by atoms with Gasteiger partial charge < -0.3 is 14.0 Å². The van der Waals surface area contributed by atoms with Crippen molar-refractivity contribution in [1.29, 1.82) is 0 Å². The summed E-state index contributed by atoms with van der Waals surface area (Å²) in [5.41, 5.74) is 1.59. The number of amides is 1. The Morgan fingerprint density at radius 1 is 1.15 bits per heavy atom. The summed E-state index contributed by atoms with van der Waals surface area (Å²) < 4.78 is 29.4. The van der Waals surface area contributed by atoms with E-state index in [-0.39, 0.29) is 11.7 Å². The highest BCUT2D eigenvalue weighted by Crippen LogP contribution is 2.28. The van der Waals surface area contributed by atoms with E-state index in [9.17, 15) is 13.2 Å². The van der Waals surface area contributed by atoms with Gasteiger partial charge in [0.05, 0.1) is 5.75 Å². The fraction of sp³-hybridized carbons (Fsp3) is 0.632. The van der Waals surface area contributed by atoms with Gasteiger partial charge in [0, 0.05) is 50.4 Å². The Balaban J connectivity index is 3.29. The average molecular weight is 385 g/mol. The van der Waals surface area contributed by atoms with E-state index in [1.807, 2.05) is 39.8 Å². The molecule has 1 aromatic rings. The van der Waals surface area contributed by atoms with Crippen molar-refractivity contribution in [3.63, 3.8) is 0 Å². The lowest BCUT2D eigenvalue weighted by molar-refractivity contribution is -0.130. The molecular weight excluding hydrogens is 352 g/mol. The Morgan fingerprint density at radius 3 is 2.23 bits per heavy atom. The van der Waals surface area contributed by atoms with E-state index in [4.69, 9.17) is 4.18 Å². The quantitative estimate of drug-likeness (QED) is 0.579. The standard InChI is InChI=1S/C19H32N2O4S/c1-7-20(8-2)18-11-10-17(14-21(16(6)22)13-15(4)5)19(12-18)25-26(23,24)9-3/h10-12,15H,7-9,13-14H2,1-6H3. The predicted octanol–water partition coefficient (Wildman–Crippen LogP) is 3.27. The lowest BCUT2D eigenvalue weighted by Crippen LogP contribution is -2.32. The number of benzene rings is 1. The van der Waals surface area contributed by atoms with Crippen molar-refractivity contribution in [3.8, 4) is 5.75 Å². The van der Waals surface area contributed by atoms with Crippen molar-refractivity contribution in [2.24, 2.45) is 5.92 Å². The lowest BCUT2D eigenvalue weighted by Gasteiger charge is -2.26. The first-order valence-corrected chi connectivity index (χ1v) is 10.8. The fourth-order valence-corrected chi connectivity index (χ4v) is 3.23. The first kappa shape index (κ1) is 22.3. The van der Waals surface area contributed by atoms with Crippen LogP contribution in [0.2, 0.25) is 0 Å². The highest BCUT2D eigenvalue weighted by atomic mass is 32.2. The van der Waals surface area contributed by atoms with Gasteiger partial charge in [0.2, 0.25) is 5.91 Å². The Labute approximate surface area is 158 Å². The van der Waals surface area contributed by atoms with Gasteiger partial charge in [0.25, 0.3) is 0 Å². The minimum Gasteiger partial charge on any atom is -0.382 e. The number of carbonyl (C=O) groups is 1. The Morgan fingerprint density at radius 2 is 1.77 bits per heavy atom. The van der Waals surface area contributed by atoms with Crippen molar-refractivity contribution >= 4 is 21.7 Å². The molecule has 148 valence electrons. The maximum atomic E-state index is 12.0. The topological polar surface area (TPSA) is 66.9 Å². The van der Waals surface area contributed by atoms with Crippen LogP contribution >= 0.6 is 0 Å². The average Bonchev–Trinajstić information content (AvgIpc) is 2.56. The summed E-state index contributed by atoms with van der Waals surface area (Å²) in [6, 6.07) is 5.55. The second-order valence-corrected chi connectivity index (χ2v) is 8.55. The van der Waals surface area contributed by atoms with Gasteiger partial charge >= 0.3 is 10.1 Å². The summed E-state index contributed by atoms with van der Waals surface area (Å²) in [7, 11) is -3.65. The molecule has 0 heterocycles. The third-order valence-electron chi connectivity index (χ3n) is 4.14. The summed E-state index contributed by atoms with van der Waals surface area (Å²) in [5, 5.41) is 0. The minimum atomic E-state index is -3.65. The number of anilines is 1. The molecule has 7 heteroatoms. The number of rotatable bonds is 10. The molecule has 0 saturated carbocycles. The van der Waals surface area contributed by atoms with Gasteiger partial charge in [-0.05, 0) is 32.8 Å². The highest BCUT2D eigenvalue weighted by molar-refractivity contribution is 7.87. The van der Waals surface area contributed by atoms with Crippen LogP contribution in [0.1, 0.15) is 47.1 Å². The molecule has 0 fully saturated rings. The maximum absolute atomic E-state index is 12.0. The van der Waals surface area contributed by atoms with Gasteiger partial charge in [0.1, 0.15) is 5.75 Å². The zero-order chi connectivity index (χ0) is 19.9. The van der Waals surface area contributed by atoms with Crippen molar-refractivity contribution in [2.45, 2.75) is 48.1 Å². The molecule has 0 N–H and O–H groups in total. The number of nitrogens with zero attached hydrogens (tertiary/aromatic N) is 2. The summed E-state index contributed by atoms with van der Waals surface area (Å²) in [6.45, 7) is 13.8. The predicted molar refractivity (Wildman–Crippen MR) is 106 cm³/mol. The zero-order valence-corrected chi connectivity index (χ0v) is 17.6. The maximum Gasteiger partial charge on any atom is 0.308 e. The molecule has 6 nitrogen and oxygen atoms in total. The molecule has 0 aliphatic carbocycles. The van der Waals surface area contributed by atoms with Crippen molar-refractivity contribution < 1.29 is 17.4 Å². The molecule has 0 aliphatic heterocycles. The molecule has 0 atom stereocenters. The normalized spacial score (nSPS) is 11.5. The van der Waals surface area contributed by atoms with Crippen molar-refractivity contribution in [1.82, 2.24) is 4.90 Å². The molecule has 0 saturated heterocycles. The van der Waals surface area contributed by atoms with Crippen LogP contribution in [0.15, 0.2) is 18.2 Å². The van der Waals surface area contributed by atoms with Crippen LogP contribution in [0.5, 0.6) is 5.75 Å². The van der Waals surface area contributed by atoms with Gasteiger partial charge in [-0.1, -0.05) is 19.9 Å². The Kier molecular flexibility index (Phi) is 8.40. The summed E-state index contributed by atoms with van der Waals surface area (Å²) in [4.78, 5) is 15.8. The van der Waals surface area contributed by atoms with Crippen LogP contribution in [0, 0.1) is 5.92 Å². The van der Waals surface area contributed by atoms with Gasteiger partial charge in [-0.25, -0.2) is 0 Å². The minimum absolute atomic E-state index is 0.0455. The molecule has 1 aromatic carbocycles. The Bertz CT molecular complexity index is 697. The van der Waals surface area contributed by atoms with Crippen LogP contribution < -0.4 is 9.08 Å². The lowest BCUT2D eigenvalue weighted by atomic mass is 10.1. The molecule has 26 heavy (non-hydrogen) atoms. The van der Waals surface area contributed by atoms with E-state index in [1.54, 1.807) is 17.9 Å². The molecule has 1 amide bonds. The molecular formula is C19H32N2O4S. The van der Waals surface area contributed by atoms with Crippen molar-refractivity contribution in [3.05, 3.63) is 23.8 Å². The molecule has 0 unspecified atom stereocenters. The highest BCUT2D eigenvalue weighted by Gasteiger charge is 2.19. The van der Waals surface area contributed by atoms with Gasteiger partial charge in [0.15, 0.2) is 0 Å². The number of hydrogen-bond donors (Lipinski definition) is 0. The smallest absolute Gasteiger partial charge is 0.308 e. The summed E-state index contributed by atoms with van der Waals surface area (Å²) in [6.07, 6.45) is 0. The second kappa shape index (κ2) is 9.80. The molecule has 0 aliphatic rings. The van der Waals surface area contributed by atoms with Crippen LogP contribution in [0.4, 0.5) is 5.69 Å². The van der Waals surface area contributed by atoms with E-state index in [1.165, 1.54) is 6.92 Å². The van der Waals surface area contributed by atoms with E-state index in [2.05, 4.69) is 4.90 Å². The first-order valence-electron chi connectivity index (χ1n) is 9.18. The zero-order valence-electron chi connectivity index (χ0n) is 16.8. The van der Waals surface area contributed by atoms with Gasteiger partial charge in [-0.3, -0.25) is 4.79 Å². The third kappa shape index (κ3) is 6.52. The molecule has 0 radical (unpaired) electrons. The van der Waals surface area contributed by atoms with E-state index in [0.717, 1.165) is 18.8 Å². The number of hydrogen-bond acceptors (Lipinski definition) is 5.